The van der Waals surface area contributed by atoms with Crippen LogP contribution in [0.15, 0.2) is 36.4 Å². The average Bonchev–Trinajstić information content (AvgIpc) is 2.45. The van der Waals surface area contributed by atoms with Crippen molar-refractivity contribution in [2.45, 2.75) is 46.6 Å². The van der Waals surface area contributed by atoms with E-state index in [0.717, 1.165) is 24.3 Å². The summed E-state index contributed by atoms with van der Waals surface area (Å²) in [5, 5.41) is 0. The van der Waals surface area contributed by atoms with E-state index in [0.29, 0.717) is 0 Å². The standard InChI is InChI=1S/C19H25NO/c1-5-17(20)12-16-7-9-19(11-15(16)4)21-18-8-6-13(2)14(3)10-18/h6-11,17H,5,12,20H2,1-4H3. The third-order valence-corrected chi connectivity index (χ3v) is 4.03. The van der Waals surface area contributed by atoms with Crippen LogP contribution in [0.25, 0.3) is 0 Å². The lowest BCUT2D eigenvalue weighted by Gasteiger charge is -2.13. The third-order valence-electron chi connectivity index (χ3n) is 4.03. The maximum atomic E-state index is 6.04. The molecule has 0 radical (unpaired) electrons. The Morgan fingerprint density at radius 3 is 2.10 bits per heavy atom. The summed E-state index contributed by atoms with van der Waals surface area (Å²) in [6.45, 7) is 8.44. The lowest BCUT2D eigenvalue weighted by molar-refractivity contribution is 0.481. The molecular formula is C19H25NO. The molecule has 1 unspecified atom stereocenters. The Kier molecular flexibility index (Phi) is 5.03. The lowest BCUT2D eigenvalue weighted by atomic mass is 10.00. The van der Waals surface area contributed by atoms with Crippen LogP contribution in [-0.2, 0) is 6.42 Å². The van der Waals surface area contributed by atoms with Gasteiger partial charge in [-0.2, -0.15) is 0 Å². The van der Waals surface area contributed by atoms with E-state index >= 15 is 0 Å². The smallest absolute Gasteiger partial charge is 0.127 e. The first-order valence-corrected chi connectivity index (χ1v) is 7.59. The molecule has 2 heteroatoms. The summed E-state index contributed by atoms with van der Waals surface area (Å²) in [7, 11) is 0. The van der Waals surface area contributed by atoms with E-state index in [1.54, 1.807) is 0 Å². The summed E-state index contributed by atoms with van der Waals surface area (Å²) < 4.78 is 5.95. The van der Waals surface area contributed by atoms with Gasteiger partial charge in [-0.05, 0) is 80.1 Å². The molecule has 0 amide bonds. The molecule has 2 aromatic rings. The molecule has 0 aliphatic rings. The summed E-state index contributed by atoms with van der Waals surface area (Å²) in [6, 6.07) is 12.7. The summed E-state index contributed by atoms with van der Waals surface area (Å²) in [5.74, 6) is 1.76. The maximum absolute atomic E-state index is 6.04. The van der Waals surface area contributed by atoms with E-state index in [-0.39, 0.29) is 6.04 Å². The van der Waals surface area contributed by atoms with Gasteiger partial charge in [0, 0.05) is 6.04 Å². The van der Waals surface area contributed by atoms with Gasteiger partial charge in [0.15, 0.2) is 0 Å². The van der Waals surface area contributed by atoms with Gasteiger partial charge in [0.1, 0.15) is 11.5 Å². The highest BCUT2D eigenvalue weighted by Gasteiger charge is 2.06. The van der Waals surface area contributed by atoms with Gasteiger partial charge in [0.05, 0.1) is 0 Å². The minimum Gasteiger partial charge on any atom is -0.457 e. The topological polar surface area (TPSA) is 35.2 Å². The molecular weight excluding hydrogens is 258 g/mol. The number of benzene rings is 2. The van der Waals surface area contributed by atoms with Crippen molar-refractivity contribution in [2.24, 2.45) is 5.73 Å². The van der Waals surface area contributed by atoms with Gasteiger partial charge in [-0.3, -0.25) is 0 Å². The van der Waals surface area contributed by atoms with Crippen LogP contribution < -0.4 is 10.5 Å². The van der Waals surface area contributed by atoms with Crippen LogP contribution in [0.5, 0.6) is 11.5 Å². The minimum atomic E-state index is 0.232. The van der Waals surface area contributed by atoms with E-state index < -0.39 is 0 Å². The van der Waals surface area contributed by atoms with Crippen molar-refractivity contribution in [3.63, 3.8) is 0 Å². The van der Waals surface area contributed by atoms with Gasteiger partial charge in [-0.25, -0.2) is 0 Å². The molecule has 2 rings (SSSR count). The van der Waals surface area contributed by atoms with Crippen molar-refractivity contribution >= 4 is 0 Å². The molecule has 0 aromatic heterocycles. The molecule has 21 heavy (non-hydrogen) atoms. The maximum Gasteiger partial charge on any atom is 0.127 e. The largest absolute Gasteiger partial charge is 0.457 e. The highest BCUT2D eigenvalue weighted by atomic mass is 16.5. The summed E-state index contributed by atoms with van der Waals surface area (Å²) in [5.41, 5.74) is 11.1. The van der Waals surface area contributed by atoms with Crippen LogP contribution in [0, 0.1) is 20.8 Å². The van der Waals surface area contributed by atoms with E-state index in [2.05, 4.69) is 52.0 Å². The predicted octanol–water partition coefficient (Wildman–Crippen LogP) is 4.68. The van der Waals surface area contributed by atoms with Crippen LogP contribution in [0.2, 0.25) is 0 Å². The third kappa shape index (κ3) is 4.08. The van der Waals surface area contributed by atoms with Gasteiger partial charge in [-0.15, -0.1) is 0 Å². The van der Waals surface area contributed by atoms with Gasteiger partial charge >= 0.3 is 0 Å². The zero-order chi connectivity index (χ0) is 15.4. The highest BCUT2D eigenvalue weighted by Crippen LogP contribution is 2.26. The molecule has 0 heterocycles. The Hall–Kier alpha value is -1.80. The van der Waals surface area contributed by atoms with Crippen molar-refractivity contribution in [3.8, 4) is 11.5 Å². The van der Waals surface area contributed by atoms with Crippen LogP contribution in [0.1, 0.15) is 35.6 Å². The zero-order valence-corrected chi connectivity index (χ0v) is 13.4. The molecule has 0 saturated heterocycles. The van der Waals surface area contributed by atoms with Crippen LogP contribution in [0.4, 0.5) is 0 Å². The molecule has 1 atom stereocenters. The molecule has 2 aromatic carbocycles. The van der Waals surface area contributed by atoms with E-state index in [1.807, 2.05) is 12.1 Å². The lowest BCUT2D eigenvalue weighted by Crippen LogP contribution is -2.21. The van der Waals surface area contributed by atoms with Crippen molar-refractivity contribution < 1.29 is 4.74 Å². The summed E-state index contributed by atoms with van der Waals surface area (Å²) in [4.78, 5) is 0. The molecule has 2 nitrogen and oxygen atoms in total. The molecule has 2 N–H and O–H groups in total. The second-order valence-electron chi connectivity index (χ2n) is 5.81. The molecule has 0 aliphatic carbocycles. The fourth-order valence-corrected chi connectivity index (χ4v) is 2.30. The fraction of sp³-hybridized carbons (Fsp3) is 0.368. The van der Waals surface area contributed by atoms with Crippen molar-refractivity contribution in [1.29, 1.82) is 0 Å². The number of rotatable bonds is 5. The number of nitrogens with two attached hydrogens (primary N) is 1. The van der Waals surface area contributed by atoms with Gasteiger partial charge in [-0.1, -0.05) is 19.1 Å². The Balaban J connectivity index is 2.14. The predicted molar refractivity (Wildman–Crippen MR) is 89.1 cm³/mol. The Morgan fingerprint density at radius 1 is 0.905 bits per heavy atom. The molecule has 0 saturated carbocycles. The normalized spacial score (nSPS) is 12.2. The number of ether oxygens (including phenoxy) is 1. The second-order valence-corrected chi connectivity index (χ2v) is 5.81. The first-order valence-electron chi connectivity index (χ1n) is 7.59. The highest BCUT2D eigenvalue weighted by molar-refractivity contribution is 5.40. The molecule has 112 valence electrons. The molecule has 0 bridgehead atoms. The summed E-state index contributed by atoms with van der Waals surface area (Å²) >= 11 is 0. The average molecular weight is 283 g/mol. The monoisotopic (exact) mass is 283 g/mol. The van der Waals surface area contributed by atoms with Gasteiger partial charge in [0.2, 0.25) is 0 Å². The molecule has 0 spiro atoms. The van der Waals surface area contributed by atoms with Crippen LogP contribution in [0.3, 0.4) is 0 Å². The van der Waals surface area contributed by atoms with E-state index in [9.17, 15) is 0 Å². The fourth-order valence-electron chi connectivity index (χ4n) is 2.30. The Labute approximate surface area is 127 Å². The SMILES string of the molecule is CCC(N)Cc1ccc(Oc2ccc(C)c(C)c2)cc1C. The summed E-state index contributed by atoms with van der Waals surface area (Å²) in [6.07, 6.45) is 1.92. The molecule has 0 fully saturated rings. The second kappa shape index (κ2) is 6.77. The van der Waals surface area contributed by atoms with Crippen molar-refractivity contribution in [3.05, 3.63) is 58.7 Å². The van der Waals surface area contributed by atoms with E-state index in [4.69, 9.17) is 10.5 Å². The van der Waals surface area contributed by atoms with E-state index in [1.165, 1.54) is 22.3 Å². The van der Waals surface area contributed by atoms with Crippen LogP contribution >= 0.6 is 0 Å². The Morgan fingerprint density at radius 2 is 1.52 bits per heavy atom. The minimum absolute atomic E-state index is 0.232. The van der Waals surface area contributed by atoms with Crippen molar-refractivity contribution in [2.75, 3.05) is 0 Å². The van der Waals surface area contributed by atoms with Gasteiger partial charge in [0.25, 0.3) is 0 Å². The first kappa shape index (κ1) is 15.6. The zero-order valence-electron chi connectivity index (χ0n) is 13.4. The first-order chi connectivity index (χ1) is 9.99. The van der Waals surface area contributed by atoms with Crippen molar-refractivity contribution in [1.82, 2.24) is 0 Å². The Bertz CT molecular complexity index is 619. The quantitative estimate of drug-likeness (QED) is 0.864. The van der Waals surface area contributed by atoms with Crippen LogP contribution in [-0.4, -0.2) is 6.04 Å². The number of hydrogen-bond donors (Lipinski definition) is 1. The number of aryl methyl sites for hydroxylation is 3. The van der Waals surface area contributed by atoms with Gasteiger partial charge < -0.3 is 10.5 Å². The molecule has 0 aliphatic heterocycles. The number of hydrogen-bond acceptors (Lipinski definition) is 2.